The van der Waals surface area contributed by atoms with E-state index in [4.69, 9.17) is 4.74 Å². The van der Waals surface area contributed by atoms with Crippen molar-refractivity contribution in [2.75, 3.05) is 37.0 Å². The van der Waals surface area contributed by atoms with Crippen molar-refractivity contribution in [1.29, 1.82) is 0 Å². The van der Waals surface area contributed by atoms with Gasteiger partial charge in [-0.1, -0.05) is 31.0 Å². The number of amides is 1. The zero-order valence-corrected chi connectivity index (χ0v) is 18.0. The number of methoxy groups -OCH3 is 1. The topological polar surface area (TPSA) is 44.8 Å². The molecule has 1 saturated heterocycles. The Kier molecular flexibility index (Phi) is 6.90. The number of nitrogens with one attached hydrogen (secondary N) is 1. The van der Waals surface area contributed by atoms with E-state index in [9.17, 15) is 4.79 Å². The zero-order chi connectivity index (χ0) is 20.8. The third-order valence-electron chi connectivity index (χ3n) is 6.10. The summed E-state index contributed by atoms with van der Waals surface area (Å²) in [4.78, 5) is 17.5. The van der Waals surface area contributed by atoms with Crippen LogP contribution in [0.3, 0.4) is 0 Å². The Bertz CT molecular complexity index is 825. The van der Waals surface area contributed by atoms with Crippen molar-refractivity contribution in [3.8, 4) is 5.75 Å². The number of para-hydroxylation sites is 1. The Morgan fingerprint density at radius 3 is 2.40 bits per heavy atom. The fraction of sp³-hybridized carbons (Fsp3) is 0.480. The quantitative estimate of drug-likeness (QED) is 0.690. The molecule has 5 heteroatoms. The van der Waals surface area contributed by atoms with E-state index in [1.807, 2.05) is 30.3 Å². The molecule has 1 amide bonds. The Morgan fingerprint density at radius 1 is 1.03 bits per heavy atom. The number of benzene rings is 2. The van der Waals surface area contributed by atoms with Crippen molar-refractivity contribution in [2.45, 2.75) is 51.1 Å². The van der Waals surface area contributed by atoms with Crippen molar-refractivity contribution in [3.63, 3.8) is 0 Å². The van der Waals surface area contributed by atoms with Gasteiger partial charge in [-0.15, -0.1) is 0 Å². The predicted octanol–water partition coefficient (Wildman–Crippen LogP) is 4.68. The van der Waals surface area contributed by atoms with Gasteiger partial charge in [-0.2, -0.15) is 0 Å². The molecule has 30 heavy (non-hydrogen) atoms. The molecular formula is C25H33N3O2. The summed E-state index contributed by atoms with van der Waals surface area (Å²) in [7, 11) is 1.70. The fourth-order valence-electron chi connectivity index (χ4n) is 4.28. The highest BCUT2D eigenvalue weighted by Crippen LogP contribution is 2.30. The van der Waals surface area contributed by atoms with E-state index < -0.39 is 0 Å². The second kappa shape index (κ2) is 9.98. The lowest BCUT2D eigenvalue weighted by Crippen LogP contribution is -2.34. The normalized spacial score (nSPS) is 16.9. The predicted molar refractivity (Wildman–Crippen MR) is 122 cm³/mol. The van der Waals surface area contributed by atoms with Crippen LogP contribution in [0.15, 0.2) is 48.5 Å². The van der Waals surface area contributed by atoms with Crippen molar-refractivity contribution >= 4 is 17.3 Å². The van der Waals surface area contributed by atoms with Gasteiger partial charge in [0.25, 0.3) is 0 Å². The van der Waals surface area contributed by atoms with E-state index >= 15 is 0 Å². The van der Waals surface area contributed by atoms with Gasteiger partial charge in [0.15, 0.2) is 0 Å². The van der Waals surface area contributed by atoms with E-state index in [0.29, 0.717) is 12.6 Å². The maximum atomic E-state index is 12.7. The van der Waals surface area contributed by atoms with Crippen LogP contribution in [0.25, 0.3) is 0 Å². The number of hydrogen-bond acceptors (Lipinski definition) is 4. The average Bonchev–Trinajstić information content (AvgIpc) is 3.61. The Labute approximate surface area is 180 Å². The van der Waals surface area contributed by atoms with Crippen LogP contribution in [0.4, 0.5) is 11.4 Å². The van der Waals surface area contributed by atoms with Crippen molar-refractivity contribution in [2.24, 2.45) is 0 Å². The number of nitrogens with zero attached hydrogens (tertiary/aromatic N) is 2. The van der Waals surface area contributed by atoms with Gasteiger partial charge in [0.1, 0.15) is 5.75 Å². The van der Waals surface area contributed by atoms with Gasteiger partial charge in [0.05, 0.1) is 13.7 Å². The second-order valence-corrected chi connectivity index (χ2v) is 8.44. The zero-order valence-electron chi connectivity index (χ0n) is 18.0. The number of rotatable bonds is 8. The second-order valence-electron chi connectivity index (χ2n) is 8.44. The number of ether oxygens (including phenoxy) is 1. The minimum Gasteiger partial charge on any atom is -0.496 e. The van der Waals surface area contributed by atoms with Gasteiger partial charge >= 0.3 is 0 Å². The summed E-state index contributed by atoms with van der Waals surface area (Å²) < 4.78 is 5.48. The summed E-state index contributed by atoms with van der Waals surface area (Å²) in [5, 5.41) is 3.08. The maximum absolute atomic E-state index is 12.7. The molecule has 1 heterocycles. The molecule has 2 fully saturated rings. The van der Waals surface area contributed by atoms with Gasteiger partial charge in [0.2, 0.25) is 5.91 Å². The summed E-state index contributed by atoms with van der Waals surface area (Å²) in [5.74, 6) is 0.923. The molecule has 1 saturated carbocycles. The van der Waals surface area contributed by atoms with Crippen LogP contribution in [0.1, 0.15) is 44.1 Å². The Hall–Kier alpha value is -2.53. The molecule has 0 aromatic heterocycles. The van der Waals surface area contributed by atoms with Crippen molar-refractivity contribution in [1.82, 2.24) is 4.90 Å². The van der Waals surface area contributed by atoms with Crippen LogP contribution in [-0.4, -0.2) is 43.6 Å². The van der Waals surface area contributed by atoms with Crippen molar-refractivity contribution < 1.29 is 9.53 Å². The lowest BCUT2D eigenvalue weighted by molar-refractivity contribution is -0.117. The molecule has 0 radical (unpaired) electrons. The molecule has 2 aromatic carbocycles. The number of anilines is 2. The van der Waals surface area contributed by atoms with E-state index in [1.54, 1.807) is 7.11 Å². The first kappa shape index (κ1) is 20.7. The van der Waals surface area contributed by atoms with Gasteiger partial charge in [-0.25, -0.2) is 0 Å². The molecule has 0 spiro atoms. The third-order valence-corrected chi connectivity index (χ3v) is 6.10. The average molecular weight is 408 g/mol. The molecule has 2 aromatic rings. The van der Waals surface area contributed by atoms with Gasteiger partial charge in [-0.3, -0.25) is 9.69 Å². The van der Waals surface area contributed by atoms with Crippen LogP contribution < -0.4 is 15.0 Å². The van der Waals surface area contributed by atoms with Crippen LogP contribution in [0.2, 0.25) is 0 Å². The van der Waals surface area contributed by atoms with E-state index in [-0.39, 0.29) is 5.91 Å². The van der Waals surface area contributed by atoms with Crippen LogP contribution in [0.5, 0.6) is 5.75 Å². The van der Waals surface area contributed by atoms with E-state index in [1.165, 1.54) is 31.4 Å². The highest BCUT2D eigenvalue weighted by Gasteiger charge is 2.30. The lowest BCUT2D eigenvalue weighted by Gasteiger charge is -2.23. The Morgan fingerprint density at radius 2 is 1.73 bits per heavy atom. The van der Waals surface area contributed by atoms with Crippen LogP contribution >= 0.6 is 0 Å². The smallest absolute Gasteiger partial charge is 0.238 e. The lowest BCUT2D eigenvalue weighted by atomic mass is 10.2. The molecule has 1 aliphatic carbocycles. The summed E-state index contributed by atoms with van der Waals surface area (Å²) in [5.41, 5.74) is 3.25. The molecular weight excluding hydrogens is 374 g/mol. The van der Waals surface area contributed by atoms with Crippen LogP contribution in [-0.2, 0) is 11.3 Å². The van der Waals surface area contributed by atoms with Gasteiger partial charge in [-0.05, 0) is 56.0 Å². The molecule has 0 bridgehead atoms. The summed E-state index contributed by atoms with van der Waals surface area (Å²) in [6.07, 6.45) is 7.51. The molecule has 0 atom stereocenters. The largest absolute Gasteiger partial charge is 0.496 e. The molecule has 1 aliphatic heterocycles. The summed E-state index contributed by atoms with van der Waals surface area (Å²) in [6.45, 7) is 3.39. The van der Waals surface area contributed by atoms with Crippen molar-refractivity contribution in [3.05, 3.63) is 54.1 Å². The Balaban J connectivity index is 1.34. The van der Waals surface area contributed by atoms with Crippen LogP contribution in [0, 0.1) is 0 Å². The van der Waals surface area contributed by atoms with Gasteiger partial charge < -0.3 is 15.0 Å². The first-order valence-corrected chi connectivity index (χ1v) is 11.2. The number of hydrogen-bond donors (Lipinski definition) is 1. The number of carbonyl (C=O) groups excluding carboxylic acids is 1. The molecule has 2 aliphatic rings. The first-order valence-electron chi connectivity index (χ1n) is 11.2. The highest BCUT2D eigenvalue weighted by atomic mass is 16.5. The molecule has 160 valence electrons. The number of carbonyl (C=O) groups is 1. The highest BCUT2D eigenvalue weighted by molar-refractivity contribution is 5.92. The minimum absolute atomic E-state index is 0.0410. The standard InChI is InChI=1S/C25H33N3O2/c1-30-24-9-5-4-8-20(24)18-28(23-14-15-23)19-25(29)26-21-10-12-22(13-11-21)27-16-6-2-3-7-17-27/h4-5,8-13,23H,2-3,6-7,14-19H2,1H3,(H,26,29). The van der Waals surface area contributed by atoms with E-state index in [2.05, 4.69) is 33.3 Å². The molecule has 4 rings (SSSR count). The molecule has 0 unspecified atom stereocenters. The first-order chi connectivity index (χ1) is 14.7. The summed E-state index contributed by atoms with van der Waals surface area (Å²) in [6, 6.07) is 16.9. The summed E-state index contributed by atoms with van der Waals surface area (Å²) >= 11 is 0. The van der Waals surface area contributed by atoms with E-state index in [0.717, 1.165) is 49.5 Å². The fourth-order valence-corrected chi connectivity index (χ4v) is 4.28. The monoisotopic (exact) mass is 407 g/mol. The van der Waals surface area contributed by atoms with Gasteiger partial charge in [0, 0.05) is 42.6 Å². The molecule has 5 nitrogen and oxygen atoms in total. The minimum atomic E-state index is 0.0410. The molecule has 1 N–H and O–H groups in total. The maximum Gasteiger partial charge on any atom is 0.238 e. The third kappa shape index (κ3) is 5.54. The SMILES string of the molecule is COc1ccccc1CN(CC(=O)Nc1ccc(N2CCCCCC2)cc1)C1CC1.